The summed E-state index contributed by atoms with van der Waals surface area (Å²) in [6, 6.07) is 0.103. The van der Waals surface area contributed by atoms with Crippen LogP contribution in [0.3, 0.4) is 0 Å². The summed E-state index contributed by atoms with van der Waals surface area (Å²) in [7, 11) is 2.57. The van der Waals surface area contributed by atoms with Gasteiger partial charge in [-0.25, -0.2) is 0 Å². The van der Waals surface area contributed by atoms with Gasteiger partial charge >= 0.3 is 6.01 Å². The summed E-state index contributed by atoms with van der Waals surface area (Å²) in [6.07, 6.45) is 0. The van der Waals surface area contributed by atoms with Crippen LogP contribution in [0.4, 0.5) is 11.9 Å². The Bertz CT molecular complexity index is 491. The largest absolute Gasteiger partial charge is 0.467 e. The summed E-state index contributed by atoms with van der Waals surface area (Å²) < 4.78 is 25.5. The van der Waals surface area contributed by atoms with E-state index in [2.05, 4.69) is 20.3 Å². The van der Waals surface area contributed by atoms with Gasteiger partial charge in [0.05, 0.1) is 7.11 Å². The van der Waals surface area contributed by atoms with E-state index in [1.165, 1.54) is 7.11 Å². The molecular formula is C7H11N5O3S. The first-order chi connectivity index (χ1) is 7.52. The van der Waals surface area contributed by atoms with E-state index < -0.39 is 10.3 Å². The molecule has 88 valence electrons. The van der Waals surface area contributed by atoms with Gasteiger partial charge in [-0.3, -0.25) is 0 Å². The molecular weight excluding hydrogens is 234 g/mol. The fraction of sp³-hybridized carbons (Fsp3) is 0.429. The maximum absolute atomic E-state index is 10.3. The van der Waals surface area contributed by atoms with Crippen molar-refractivity contribution in [1.82, 2.24) is 15.0 Å². The van der Waals surface area contributed by atoms with E-state index in [9.17, 15) is 8.42 Å². The van der Waals surface area contributed by atoms with Crippen LogP contribution < -0.4 is 15.0 Å². The molecule has 0 atom stereocenters. The number of hydrogen-bond donors (Lipinski definition) is 1. The molecule has 0 bridgehead atoms. The highest BCUT2D eigenvalue weighted by atomic mass is 32.2. The Morgan fingerprint density at radius 2 is 2.00 bits per heavy atom. The lowest BCUT2D eigenvalue weighted by Gasteiger charge is -2.11. The molecule has 9 heteroatoms. The van der Waals surface area contributed by atoms with E-state index in [0.717, 1.165) is 5.49 Å². The topological polar surface area (TPSA) is 97.3 Å². The van der Waals surface area contributed by atoms with Crippen LogP contribution in [0.15, 0.2) is 0 Å². The van der Waals surface area contributed by atoms with Crippen LogP contribution in [-0.4, -0.2) is 50.1 Å². The molecule has 0 fully saturated rings. The maximum atomic E-state index is 10.3. The molecule has 16 heavy (non-hydrogen) atoms. The molecule has 0 aliphatic carbocycles. The number of nitrogens with one attached hydrogen (secondary N) is 1. The summed E-state index contributed by atoms with van der Waals surface area (Å²) in [5.41, 5.74) is 0.828. The van der Waals surface area contributed by atoms with E-state index in [1.54, 1.807) is 19.0 Å². The molecule has 0 aliphatic heterocycles. The molecule has 1 heterocycles. The van der Waals surface area contributed by atoms with Crippen molar-refractivity contribution in [2.24, 2.45) is 0 Å². The van der Waals surface area contributed by atoms with Gasteiger partial charge in [-0.05, 0) is 0 Å². The molecule has 0 amide bonds. The van der Waals surface area contributed by atoms with Crippen molar-refractivity contribution < 1.29 is 13.2 Å². The summed E-state index contributed by atoms with van der Waals surface area (Å²) >= 11 is 0. The van der Waals surface area contributed by atoms with Crippen molar-refractivity contribution in [3.8, 4) is 6.01 Å². The molecule has 0 saturated heterocycles. The fourth-order valence-electron chi connectivity index (χ4n) is 0.803. The quantitative estimate of drug-likeness (QED) is 0.674. The van der Waals surface area contributed by atoms with E-state index in [1.807, 2.05) is 0 Å². The van der Waals surface area contributed by atoms with Crippen molar-refractivity contribution in [1.29, 1.82) is 0 Å². The second-order valence-electron chi connectivity index (χ2n) is 2.86. The predicted molar refractivity (Wildman–Crippen MR) is 59.3 cm³/mol. The van der Waals surface area contributed by atoms with Gasteiger partial charge in [0.1, 0.15) is 5.49 Å². The number of hydrogen-bond acceptors (Lipinski definition) is 7. The third-order valence-corrected chi connectivity index (χ3v) is 1.78. The molecule has 8 nitrogen and oxygen atoms in total. The van der Waals surface area contributed by atoms with Gasteiger partial charge in [0.25, 0.3) is 0 Å². The van der Waals surface area contributed by atoms with Gasteiger partial charge in [-0.15, -0.1) is 0 Å². The summed E-state index contributed by atoms with van der Waals surface area (Å²) in [4.78, 5) is 13.4. The molecule has 1 rings (SSSR count). The zero-order valence-corrected chi connectivity index (χ0v) is 9.82. The van der Waals surface area contributed by atoms with Gasteiger partial charge in [0, 0.05) is 14.1 Å². The Balaban J connectivity index is 3.08. The molecule has 1 N–H and O–H groups in total. The standard InChI is InChI=1S/C7H11N5O3S/c1-12(2)6-9-5(8-4-16(13)14)10-7(11-6)15-3/h4H,1-3H3,(H,8,9,10,11). The fourth-order valence-corrected chi connectivity index (χ4v) is 1.00. The highest BCUT2D eigenvalue weighted by Crippen LogP contribution is 2.11. The van der Waals surface area contributed by atoms with E-state index in [0.29, 0.717) is 5.95 Å². The van der Waals surface area contributed by atoms with Crippen LogP contribution in [0.1, 0.15) is 0 Å². The van der Waals surface area contributed by atoms with Crippen molar-refractivity contribution >= 4 is 27.7 Å². The minimum absolute atomic E-state index is 0.0970. The number of methoxy groups -OCH3 is 1. The highest BCUT2D eigenvalue weighted by molar-refractivity contribution is 7.71. The maximum Gasteiger partial charge on any atom is 0.322 e. The Hall–Kier alpha value is -1.90. The monoisotopic (exact) mass is 245 g/mol. The lowest BCUT2D eigenvalue weighted by atomic mass is 10.7. The third kappa shape index (κ3) is 3.35. The molecule has 0 aliphatic rings. The normalized spacial score (nSPS) is 9.44. The minimum atomic E-state index is -2.33. The number of aromatic nitrogens is 3. The van der Waals surface area contributed by atoms with Crippen molar-refractivity contribution in [3.63, 3.8) is 0 Å². The first-order valence-corrected chi connectivity index (χ1v) is 5.32. The second-order valence-corrected chi connectivity index (χ2v) is 3.62. The van der Waals surface area contributed by atoms with Crippen molar-refractivity contribution in [3.05, 3.63) is 0 Å². The highest BCUT2D eigenvalue weighted by Gasteiger charge is 2.07. The second kappa shape index (κ2) is 5.26. The minimum Gasteiger partial charge on any atom is -0.467 e. The van der Waals surface area contributed by atoms with Crippen LogP contribution in [-0.2, 0) is 10.3 Å². The number of rotatable bonds is 4. The van der Waals surface area contributed by atoms with Gasteiger partial charge in [-0.1, -0.05) is 0 Å². The van der Waals surface area contributed by atoms with Gasteiger partial charge < -0.3 is 15.0 Å². The number of nitrogens with zero attached hydrogens (tertiary/aromatic N) is 4. The Kier molecular flexibility index (Phi) is 4.00. The average Bonchev–Trinajstić information content (AvgIpc) is 2.25. The van der Waals surface area contributed by atoms with Crippen molar-refractivity contribution in [2.45, 2.75) is 0 Å². The zero-order valence-electron chi connectivity index (χ0n) is 9.00. The molecule has 1 aromatic heterocycles. The predicted octanol–water partition coefficient (Wildman–Crippen LogP) is -1.00. The molecule has 1 aromatic rings. The summed E-state index contributed by atoms with van der Waals surface area (Å²) in [5.74, 6) is 0.458. The first kappa shape index (κ1) is 12.2. The van der Waals surface area contributed by atoms with E-state index in [4.69, 9.17) is 4.74 Å². The Morgan fingerprint density at radius 1 is 1.31 bits per heavy atom. The average molecular weight is 245 g/mol. The molecule has 0 aromatic carbocycles. The zero-order chi connectivity index (χ0) is 12.1. The molecule has 0 radical (unpaired) electrons. The van der Waals surface area contributed by atoms with Crippen LogP contribution >= 0.6 is 0 Å². The lowest BCUT2D eigenvalue weighted by molar-refractivity contribution is 0.379. The Morgan fingerprint density at radius 3 is 2.50 bits per heavy atom. The number of anilines is 2. The molecule has 0 spiro atoms. The lowest BCUT2D eigenvalue weighted by Crippen LogP contribution is -2.15. The molecule has 0 saturated carbocycles. The van der Waals surface area contributed by atoms with E-state index >= 15 is 0 Å². The van der Waals surface area contributed by atoms with Crippen LogP contribution in [0, 0.1) is 0 Å². The van der Waals surface area contributed by atoms with Crippen molar-refractivity contribution in [2.75, 3.05) is 31.4 Å². The molecule has 0 unspecified atom stereocenters. The summed E-state index contributed by atoms with van der Waals surface area (Å²) in [6.45, 7) is 0. The first-order valence-electron chi connectivity index (χ1n) is 4.18. The number of ether oxygens (including phenoxy) is 1. The smallest absolute Gasteiger partial charge is 0.322 e. The van der Waals surface area contributed by atoms with Crippen LogP contribution in [0.25, 0.3) is 0 Å². The van der Waals surface area contributed by atoms with E-state index in [-0.39, 0.29) is 12.0 Å². The Labute approximate surface area is 93.8 Å². The van der Waals surface area contributed by atoms with Gasteiger partial charge in [0.2, 0.25) is 22.2 Å². The SMILES string of the molecule is COc1nc(NC=S(=O)=O)nc(N(C)C)n1. The summed E-state index contributed by atoms with van der Waals surface area (Å²) in [5, 5.41) is 2.41. The van der Waals surface area contributed by atoms with Gasteiger partial charge in [0.15, 0.2) is 0 Å². The van der Waals surface area contributed by atoms with Crippen LogP contribution in [0.2, 0.25) is 0 Å². The third-order valence-electron chi connectivity index (χ3n) is 1.47. The van der Waals surface area contributed by atoms with Gasteiger partial charge in [-0.2, -0.15) is 23.4 Å². The van der Waals surface area contributed by atoms with Crippen LogP contribution in [0.5, 0.6) is 6.01 Å².